The van der Waals surface area contributed by atoms with Crippen LogP contribution in [0.4, 0.5) is 0 Å². The van der Waals surface area contributed by atoms with Crippen molar-refractivity contribution in [2.24, 2.45) is 0 Å². The molecule has 1 aliphatic heterocycles. The van der Waals surface area contributed by atoms with Crippen LogP contribution in [0.3, 0.4) is 0 Å². The molecule has 0 spiro atoms. The van der Waals surface area contributed by atoms with Gasteiger partial charge in [-0.05, 0) is 24.3 Å². The predicted molar refractivity (Wildman–Crippen MR) is 89.3 cm³/mol. The lowest BCUT2D eigenvalue weighted by Crippen LogP contribution is -2.39. The quantitative estimate of drug-likeness (QED) is 0.773. The summed E-state index contributed by atoms with van der Waals surface area (Å²) in [6, 6.07) is 16.6. The van der Waals surface area contributed by atoms with Gasteiger partial charge in [-0.25, -0.2) is 9.59 Å². The maximum atomic E-state index is 12.2. The van der Waals surface area contributed by atoms with Crippen LogP contribution in [-0.4, -0.2) is 53.4 Å². The molecule has 0 aromatic heterocycles. The first kappa shape index (κ1) is 18.1. The Morgan fingerprint density at radius 3 is 2.00 bits per heavy atom. The molecule has 4 atom stereocenters. The molecular weight excluding hydrogens is 340 g/mol. The van der Waals surface area contributed by atoms with Crippen LogP contribution in [0.15, 0.2) is 60.7 Å². The molecule has 2 N–H and O–H groups in total. The Kier molecular flexibility index (Phi) is 5.62. The zero-order chi connectivity index (χ0) is 18.5. The van der Waals surface area contributed by atoms with Crippen molar-refractivity contribution >= 4 is 11.9 Å². The largest absolute Gasteiger partial charge is 0.459 e. The van der Waals surface area contributed by atoms with Crippen LogP contribution in [0.2, 0.25) is 0 Å². The number of benzene rings is 2. The lowest BCUT2D eigenvalue weighted by molar-refractivity contribution is -0.133. The third-order valence-electron chi connectivity index (χ3n) is 3.95. The molecule has 136 valence electrons. The Bertz CT molecular complexity index is 747. The molecule has 0 radical (unpaired) electrons. The van der Waals surface area contributed by atoms with Gasteiger partial charge < -0.3 is 24.4 Å². The van der Waals surface area contributed by atoms with E-state index < -0.39 is 36.5 Å². The van der Waals surface area contributed by atoms with Crippen molar-refractivity contribution in [2.75, 3.05) is 6.61 Å². The van der Waals surface area contributed by atoms with Crippen LogP contribution >= 0.6 is 0 Å². The van der Waals surface area contributed by atoms with Gasteiger partial charge in [0, 0.05) is 0 Å². The number of esters is 2. The molecule has 1 fully saturated rings. The smallest absolute Gasteiger partial charge is 0.338 e. The molecule has 7 nitrogen and oxygen atoms in total. The molecule has 2 aromatic carbocycles. The van der Waals surface area contributed by atoms with Crippen LogP contribution in [0, 0.1) is 0 Å². The highest BCUT2D eigenvalue weighted by molar-refractivity contribution is 5.90. The molecule has 2 unspecified atom stereocenters. The number of carbonyl (C=O) groups excluding carboxylic acids is 2. The van der Waals surface area contributed by atoms with Crippen LogP contribution in [0.5, 0.6) is 0 Å². The minimum Gasteiger partial charge on any atom is -0.459 e. The van der Waals surface area contributed by atoms with E-state index in [1.54, 1.807) is 60.7 Å². The predicted octanol–water partition coefficient (Wildman–Crippen LogP) is 1.15. The average molecular weight is 358 g/mol. The van der Waals surface area contributed by atoms with Crippen LogP contribution < -0.4 is 0 Å². The second-order valence-corrected chi connectivity index (χ2v) is 5.76. The Balaban J connectivity index is 1.63. The normalized spacial score (nSPS) is 24.8. The van der Waals surface area contributed by atoms with Crippen molar-refractivity contribution in [3.8, 4) is 0 Å². The number of ether oxygens (including phenoxy) is 3. The van der Waals surface area contributed by atoms with Gasteiger partial charge in [0.2, 0.25) is 0 Å². The first-order valence-corrected chi connectivity index (χ1v) is 8.06. The van der Waals surface area contributed by atoms with Gasteiger partial charge in [0.25, 0.3) is 0 Å². The van der Waals surface area contributed by atoms with E-state index in [1.807, 2.05) is 0 Å². The van der Waals surface area contributed by atoms with E-state index in [0.29, 0.717) is 11.1 Å². The highest BCUT2D eigenvalue weighted by Gasteiger charge is 2.46. The van der Waals surface area contributed by atoms with Gasteiger partial charge in [0.1, 0.15) is 18.8 Å². The average Bonchev–Trinajstić information content (AvgIpc) is 2.95. The third kappa shape index (κ3) is 4.08. The van der Waals surface area contributed by atoms with Crippen LogP contribution in [0.25, 0.3) is 0 Å². The molecule has 3 rings (SSSR count). The highest BCUT2D eigenvalue weighted by Crippen LogP contribution is 2.24. The fraction of sp³-hybridized carbons (Fsp3) is 0.263. The molecule has 7 heteroatoms. The third-order valence-corrected chi connectivity index (χ3v) is 3.95. The molecule has 26 heavy (non-hydrogen) atoms. The Morgan fingerprint density at radius 2 is 1.42 bits per heavy atom. The van der Waals surface area contributed by atoms with Gasteiger partial charge in [0.15, 0.2) is 12.4 Å². The van der Waals surface area contributed by atoms with Crippen molar-refractivity contribution in [2.45, 2.75) is 24.6 Å². The number of rotatable bonds is 5. The summed E-state index contributed by atoms with van der Waals surface area (Å²) in [4.78, 5) is 24.2. The lowest BCUT2D eigenvalue weighted by Gasteiger charge is -2.20. The van der Waals surface area contributed by atoms with E-state index in [9.17, 15) is 19.8 Å². The minimum atomic E-state index is -1.54. The van der Waals surface area contributed by atoms with Crippen molar-refractivity contribution in [3.63, 3.8) is 0 Å². The number of aliphatic hydroxyl groups is 2. The van der Waals surface area contributed by atoms with Crippen molar-refractivity contribution in [1.29, 1.82) is 0 Å². The summed E-state index contributed by atoms with van der Waals surface area (Å²) in [5.74, 6) is -1.26. The minimum absolute atomic E-state index is 0.283. The zero-order valence-electron chi connectivity index (χ0n) is 13.7. The molecule has 0 aliphatic carbocycles. The molecule has 1 saturated heterocycles. The number of hydrogen-bond acceptors (Lipinski definition) is 7. The molecule has 0 saturated carbocycles. The summed E-state index contributed by atoms with van der Waals surface area (Å²) in [6.45, 7) is -0.283. The second kappa shape index (κ2) is 8.09. The number of aliphatic hydroxyl groups excluding tert-OH is 2. The topological polar surface area (TPSA) is 102 Å². The van der Waals surface area contributed by atoms with E-state index in [1.165, 1.54) is 0 Å². The Labute approximate surface area is 149 Å². The summed E-state index contributed by atoms with van der Waals surface area (Å²) in [5, 5.41) is 19.7. The van der Waals surface area contributed by atoms with Crippen molar-refractivity contribution in [3.05, 3.63) is 71.8 Å². The second-order valence-electron chi connectivity index (χ2n) is 5.76. The van der Waals surface area contributed by atoms with E-state index in [4.69, 9.17) is 14.2 Å². The molecule has 2 aromatic rings. The van der Waals surface area contributed by atoms with Gasteiger partial charge >= 0.3 is 11.9 Å². The van der Waals surface area contributed by atoms with Gasteiger partial charge in [-0.15, -0.1) is 0 Å². The monoisotopic (exact) mass is 358 g/mol. The van der Waals surface area contributed by atoms with E-state index >= 15 is 0 Å². The van der Waals surface area contributed by atoms with Gasteiger partial charge in [-0.1, -0.05) is 36.4 Å². The fourth-order valence-electron chi connectivity index (χ4n) is 2.58. The highest BCUT2D eigenvalue weighted by atomic mass is 16.7. The SMILES string of the molecule is O=C(OCC1OC(O)[C@H](O)[C@@H]1OC(=O)c1ccccc1)c1ccccc1. The standard InChI is InChI=1S/C19H18O7/c20-15-16(26-18(22)13-9-5-2-6-10-13)14(25-19(15)23)11-24-17(21)12-7-3-1-4-8-12/h1-10,14-16,19-20,23H,11H2/t14?,15-,16-,19?/m1/s1. The molecule has 1 heterocycles. The summed E-state index contributed by atoms with van der Waals surface area (Å²) in [5.41, 5.74) is 0.644. The number of carbonyl (C=O) groups is 2. The first-order chi connectivity index (χ1) is 12.6. The van der Waals surface area contributed by atoms with Gasteiger partial charge in [-0.3, -0.25) is 0 Å². The Morgan fingerprint density at radius 1 is 0.885 bits per heavy atom. The van der Waals surface area contributed by atoms with Crippen LogP contribution in [-0.2, 0) is 14.2 Å². The zero-order valence-corrected chi connectivity index (χ0v) is 13.7. The molecule has 0 bridgehead atoms. The van der Waals surface area contributed by atoms with E-state index in [0.717, 1.165) is 0 Å². The van der Waals surface area contributed by atoms with Gasteiger partial charge in [-0.2, -0.15) is 0 Å². The van der Waals surface area contributed by atoms with Crippen molar-refractivity contribution in [1.82, 2.24) is 0 Å². The lowest BCUT2D eigenvalue weighted by atomic mass is 10.1. The first-order valence-electron chi connectivity index (χ1n) is 8.06. The molecule has 1 aliphatic rings. The summed E-state index contributed by atoms with van der Waals surface area (Å²) in [6.07, 6.45) is -5.13. The summed E-state index contributed by atoms with van der Waals surface area (Å²) in [7, 11) is 0. The molecular formula is C19H18O7. The summed E-state index contributed by atoms with van der Waals surface area (Å²) < 4.78 is 15.6. The van der Waals surface area contributed by atoms with E-state index in [-0.39, 0.29) is 6.61 Å². The summed E-state index contributed by atoms with van der Waals surface area (Å²) >= 11 is 0. The number of hydrogen-bond donors (Lipinski definition) is 2. The van der Waals surface area contributed by atoms with E-state index in [2.05, 4.69) is 0 Å². The van der Waals surface area contributed by atoms with Crippen LogP contribution in [0.1, 0.15) is 20.7 Å². The van der Waals surface area contributed by atoms with Crippen molar-refractivity contribution < 1.29 is 34.0 Å². The molecule has 0 amide bonds. The maximum absolute atomic E-state index is 12.2. The fourth-order valence-corrected chi connectivity index (χ4v) is 2.58. The Hall–Kier alpha value is -2.74. The maximum Gasteiger partial charge on any atom is 0.338 e. The van der Waals surface area contributed by atoms with Gasteiger partial charge in [0.05, 0.1) is 11.1 Å².